The zero-order valence-electron chi connectivity index (χ0n) is 9.81. The predicted octanol–water partition coefficient (Wildman–Crippen LogP) is -0.327. The summed E-state index contributed by atoms with van der Waals surface area (Å²) in [6, 6.07) is 0. The normalized spacial score (nSPS) is 12.2. The average molecular weight is 232 g/mol. The highest BCUT2D eigenvalue weighted by molar-refractivity contribution is 5.77. The molecule has 0 aliphatic rings. The molecule has 0 aliphatic carbocycles. The van der Waals surface area contributed by atoms with Gasteiger partial charge >= 0.3 is 5.97 Å². The molecule has 94 valence electrons. The lowest BCUT2D eigenvalue weighted by molar-refractivity contribution is -0.139. The minimum atomic E-state index is -0.909. The lowest BCUT2D eigenvalue weighted by Crippen LogP contribution is -2.37. The van der Waals surface area contributed by atoms with Gasteiger partial charge in [-0.25, -0.2) is 0 Å². The molecule has 0 aromatic heterocycles. The van der Waals surface area contributed by atoms with Crippen LogP contribution in [0.25, 0.3) is 0 Å². The third kappa shape index (κ3) is 5.67. The fraction of sp³-hybridized carbons (Fsp3) is 0.800. The van der Waals surface area contributed by atoms with Crippen molar-refractivity contribution in [1.82, 2.24) is 4.90 Å². The second kappa shape index (κ2) is 8.06. The third-order valence-corrected chi connectivity index (χ3v) is 2.33. The molecule has 0 radical (unpaired) electrons. The van der Waals surface area contributed by atoms with Gasteiger partial charge in [-0.15, -0.1) is 0 Å². The first kappa shape index (κ1) is 14.9. The SMILES string of the molecule is CCN(CCC(=O)O)C(=O)CC(CN)OC. The number of rotatable bonds is 8. The van der Waals surface area contributed by atoms with Gasteiger partial charge in [0.1, 0.15) is 0 Å². The minimum Gasteiger partial charge on any atom is -0.481 e. The number of hydrogen-bond acceptors (Lipinski definition) is 4. The summed E-state index contributed by atoms with van der Waals surface area (Å²) in [5.41, 5.74) is 5.41. The molecule has 0 fully saturated rings. The van der Waals surface area contributed by atoms with Crippen LogP contribution in [0.5, 0.6) is 0 Å². The lowest BCUT2D eigenvalue weighted by atomic mass is 10.2. The summed E-state index contributed by atoms with van der Waals surface area (Å²) in [5, 5.41) is 8.53. The molecule has 1 amide bonds. The Morgan fingerprint density at radius 3 is 2.50 bits per heavy atom. The molecule has 0 saturated heterocycles. The summed E-state index contributed by atoms with van der Waals surface area (Å²) in [6.45, 7) is 2.81. The molecule has 0 rings (SSSR count). The molecule has 0 bridgehead atoms. The average Bonchev–Trinajstić information content (AvgIpc) is 2.26. The van der Waals surface area contributed by atoms with Crippen molar-refractivity contribution in [2.75, 3.05) is 26.7 Å². The van der Waals surface area contributed by atoms with Crippen molar-refractivity contribution in [3.63, 3.8) is 0 Å². The van der Waals surface area contributed by atoms with Crippen LogP contribution in [0.2, 0.25) is 0 Å². The molecule has 0 aliphatic heterocycles. The first-order valence-corrected chi connectivity index (χ1v) is 5.27. The van der Waals surface area contributed by atoms with Crippen LogP contribution in [0, 0.1) is 0 Å². The Morgan fingerprint density at radius 1 is 1.50 bits per heavy atom. The van der Waals surface area contributed by atoms with Crippen LogP contribution in [-0.4, -0.2) is 54.7 Å². The number of amides is 1. The van der Waals surface area contributed by atoms with Crippen LogP contribution in [0.15, 0.2) is 0 Å². The molecule has 16 heavy (non-hydrogen) atoms. The maximum absolute atomic E-state index is 11.7. The molecule has 6 nitrogen and oxygen atoms in total. The third-order valence-electron chi connectivity index (χ3n) is 2.33. The van der Waals surface area contributed by atoms with Gasteiger partial charge in [0.2, 0.25) is 5.91 Å². The van der Waals surface area contributed by atoms with E-state index in [9.17, 15) is 9.59 Å². The minimum absolute atomic E-state index is 0.0418. The number of methoxy groups -OCH3 is 1. The standard InChI is InChI=1S/C10H20N2O4/c1-3-12(5-4-10(14)15)9(13)6-8(7-11)16-2/h8H,3-7,11H2,1-2H3,(H,14,15). The Kier molecular flexibility index (Phi) is 7.49. The fourth-order valence-electron chi connectivity index (χ4n) is 1.28. The molecule has 0 saturated carbocycles. The van der Waals surface area contributed by atoms with E-state index in [1.54, 1.807) is 0 Å². The summed E-state index contributed by atoms with van der Waals surface area (Å²) in [7, 11) is 1.50. The van der Waals surface area contributed by atoms with E-state index in [2.05, 4.69) is 0 Å². The van der Waals surface area contributed by atoms with Crippen molar-refractivity contribution in [2.45, 2.75) is 25.9 Å². The second-order valence-corrected chi connectivity index (χ2v) is 3.41. The first-order valence-electron chi connectivity index (χ1n) is 5.27. The van der Waals surface area contributed by atoms with Gasteiger partial charge in [-0.2, -0.15) is 0 Å². The Labute approximate surface area is 95.4 Å². The zero-order valence-corrected chi connectivity index (χ0v) is 9.81. The van der Waals surface area contributed by atoms with Crippen molar-refractivity contribution in [1.29, 1.82) is 0 Å². The van der Waals surface area contributed by atoms with E-state index >= 15 is 0 Å². The van der Waals surface area contributed by atoms with Gasteiger partial charge in [0.05, 0.1) is 18.9 Å². The topological polar surface area (TPSA) is 92.9 Å². The van der Waals surface area contributed by atoms with Crippen LogP contribution in [-0.2, 0) is 14.3 Å². The van der Waals surface area contributed by atoms with Gasteiger partial charge < -0.3 is 20.5 Å². The van der Waals surface area contributed by atoms with E-state index in [1.165, 1.54) is 12.0 Å². The summed E-state index contributed by atoms with van der Waals surface area (Å²) >= 11 is 0. The van der Waals surface area contributed by atoms with Gasteiger partial charge in [-0.3, -0.25) is 9.59 Å². The molecule has 0 aromatic rings. The van der Waals surface area contributed by atoms with E-state index < -0.39 is 5.97 Å². The van der Waals surface area contributed by atoms with Gasteiger partial charge in [-0.05, 0) is 6.92 Å². The molecule has 0 aromatic carbocycles. The van der Waals surface area contributed by atoms with E-state index in [-0.39, 0.29) is 37.9 Å². The summed E-state index contributed by atoms with van der Waals surface area (Å²) in [4.78, 5) is 23.6. The number of carboxylic acids is 1. The maximum Gasteiger partial charge on any atom is 0.305 e. The highest BCUT2D eigenvalue weighted by Gasteiger charge is 2.17. The summed E-state index contributed by atoms with van der Waals surface area (Å²) in [5.74, 6) is -1.03. The number of carbonyl (C=O) groups is 2. The molecule has 1 atom stereocenters. The summed E-state index contributed by atoms with van der Waals surface area (Å²) in [6.07, 6.45) is -0.147. The van der Waals surface area contributed by atoms with Crippen LogP contribution in [0.1, 0.15) is 19.8 Å². The van der Waals surface area contributed by atoms with Gasteiger partial charge in [0.25, 0.3) is 0 Å². The quantitative estimate of drug-likeness (QED) is 0.598. The van der Waals surface area contributed by atoms with E-state index in [0.717, 1.165) is 0 Å². The second-order valence-electron chi connectivity index (χ2n) is 3.41. The predicted molar refractivity (Wildman–Crippen MR) is 59.0 cm³/mol. The Bertz CT molecular complexity index is 229. The molecular weight excluding hydrogens is 212 g/mol. The summed E-state index contributed by atoms with van der Waals surface area (Å²) < 4.78 is 5.00. The number of nitrogens with two attached hydrogens (primary N) is 1. The van der Waals surface area contributed by atoms with Gasteiger partial charge in [0.15, 0.2) is 0 Å². The monoisotopic (exact) mass is 232 g/mol. The van der Waals surface area contributed by atoms with Crippen molar-refractivity contribution in [2.24, 2.45) is 5.73 Å². The van der Waals surface area contributed by atoms with E-state index in [0.29, 0.717) is 6.54 Å². The zero-order chi connectivity index (χ0) is 12.6. The highest BCUT2D eigenvalue weighted by atomic mass is 16.5. The smallest absolute Gasteiger partial charge is 0.305 e. The van der Waals surface area contributed by atoms with Crippen molar-refractivity contribution < 1.29 is 19.4 Å². The van der Waals surface area contributed by atoms with E-state index in [4.69, 9.17) is 15.6 Å². The van der Waals surface area contributed by atoms with E-state index in [1.807, 2.05) is 6.92 Å². The number of nitrogens with zero attached hydrogens (tertiary/aromatic N) is 1. The van der Waals surface area contributed by atoms with Crippen LogP contribution in [0.3, 0.4) is 0 Å². The molecular formula is C10H20N2O4. The van der Waals surface area contributed by atoms with Crippen LogP contribution < -0.4 is 5.73 Å². The van der Waals surface area contributed by atoms with Crippen LogP contribution in [0.4, 0.5) is 0 Å². The first-order chi connectivity index (χ1) is 7.54. The Hall–Kier alpha value is -1.14. The molecule has 0 heterocycles. The Balaban J connectivity index is 4.14. The maximum atomic E-state index is 11.7. The van der Waals surface area contributed by atoms with Crippen molar-refractivity contribution in [3.8, 4) is 0 Å². The van der Waals surface area contributed by atoms with Gasteiger partial charge in [0, 0.05) is 26.7 Å². The number of ether oxygens (including phenoxy) is 1. The number of carbonyl (C=O) groups excluding carboxylic acids is 1. The number of hydrogen-bond donors (Lipinski definition) is 2. The molecule has 6 heteroatoms. The van der Waals surface area contributed by atoms with Crippen molar-refractivity contribution in [3.05, 3.63) is 0 Å². The van der Waals surface area contributed by atoms with Crippen molar-refractivity contribution >= 4 is 11.9 Å². The highest BCUT2D eigenvalue weighted by Crippen LogP contribution is 2.02. The number of carboxylic acid groups (broad SMARTS) is 1. The Morgan fingerprint density at radius 2 is 2.12 bits per heavy atom. The molecule has 3 N–H and O–H groups in total. The lowest BCUT2D eigenvalue weighted by Gasteiger charge is -2.22. The number of aliphatic carboxylic acids is 1. The van der Waals surface area contributed by atoms with Gasteiger partial charge in [-0.1, -0.05) is 0 Å². The van der Waals surface area contributed by atoms with Crippen LogP contribution >= 0.6 is 0 Å². The molecule has 1 unspecified atom stereocenters. The largest absolute Gasteiger partial charge is 0.481 e. The molecule has 0 spiro atoms. The fourth-order valence-corrected chi connectivity index (χ4v) is 1.28.